The first-order valence-corrected chi connectivity index (χ1v) is 10.5. The second kappa shape index (κ2) is 11.5. The summed E-state index contributed by atoms with van der Waals surface area (Å²) >= 11 is 8.43. The van der Waals surface area contributed by atoms with Crippen LogP contribution >= 0.6 is 28.1 Å². The van der Waals surface area contributed by atoms with Crippen LogP contribution in [0, 0.1) is 13.8 Å². The van der Waals surface area contributed by atoms with E-state index in [0.717, 1.165) is 17.5 Å². The van der Waals surface area contributed by atoms with Gasteiger partial charge in [0.1, 0.15) is 11.5 Å². The summed E-state index contributed by atoms with van der Waals surface area (Å²) in [6, 6.07) is 10.7. The van der Waals surface area contributed by atoms with Gasteiger partial charge in [-0.1, -0.05) is 24.6 Å². The topological polar surface area (TPSA) is 88.7 Å². The van der Waals surface area contributed by atoms with Crippen molar-refractivity contribution in [2.45, 2.75) is 27.2 Å². The number of benzene rings is 2. The maximum absolute atomic E-state index is 12.3. The maximum atomic E-state index is 12.3. The highest BCUT2D eigenvalue weighted by Gasteiger charge is 2.12. The van der Waals surface area contributed by atoms with Gasteiger partial charge in [0, 0.05) is 5.56 Å². The van der Waals surface area contributed by atoms with E-state index in [0.29, 0.717) is 28.1 Å². The predicted octanol–water partition coefficient (Wildman–Crippen LogP) is 3.57. The number of aryl methyl sites for hydroxylation is 2. The Labute approximate surface area is 189 Å². The van der Waals surface area contributed by atoms with Crippen LogP contribution in [0.15, 0.2) is 40.9 Å². The zero-order valence-corrected chi connectivity index (χ0v) is 19.4. The molecule has 2 aromatic carbocycles. The number of hydrazine groups is 1. The van der Waals surface area contributed by atoms with E-state index in [4.69, 9.17) is 21.7 Å². The molecule has 2 amide bonds. The highest BCUT2D eigenvalue weighted by Crippen LogP contribution is 2.26. The molecule has 0 spiro atoms. The van der Waals surface area contributed by atoms with Gasteiger partial charge in [0.15, 0.2) is 11.7 Å². The summed E-state index contributed by atoms with van der Waals surface area (Å²) in [6.07, 6.45) is 0.885. The smallest absolute Gasteiger partial charge is 0.276 e. The molecule has 0 bridgehead atoms. The first kappa shape index (κ1) is 23.6. The molecule has 30 heavy (non-hydrogen) atoms. The highest BCUT2D eigenvalue weighted by atomic mass is 79.9. The van der Waals surface area contributed by atoms with Gasteiger partial charge < -0.3 is 9.47 Å². The third-order valence-electron chi connectivity index (χ3n) is 3.89. The Bertz CT molecular complexity index is 936. The van der Waals surface area contributed by atoms with Gasteiger partial charge in [-0.15, -0.1) is 0 Å². The van der Waals surface area contributed by atoms with Crippen molar-refractivity contribution in [1.82, 2.24) is 16.2 Å². The number of rotatable bonds is 7. The lowest BCUT2D eigenvalue weighted by molar-refractivity contribution is -0.123. The summed E-state index contributed by atoms with van der Waals surface area (Å²) in [5.74, 6) is 0.427. The summed E-state index contributed by atoms with van der Waals surface area (Å²) in [6.45, 7) is 6.29. The van der Waals surface area contributed by atoms with Crippen LogP contribution in [0.3, 0.4) is 0 Å². The number of hydrogen-bond donors (Lipinski definition) is 3. The molecule has 7 nitrogen and oxygen atoms in total. The number of hydrogen-bond acceptors (Lipinski definition) is 5. The van der Waals surface area contributed by atoms with Gasteiger partial charge in [0.05, 0.1) is 11.1 Å². The zero-order valence-electron chi connectivity index (χ0n) is 17.0. The second-order valence-electron chi connectivity index (χ2n) is 6.51. The molecule has 0 aliphatic carbocycles. The molecule has 0 aromatic heterocycles. The Hall–Kier alpha value is -2.65. The van der Waals surface area contributed by atoms with Crippen LogP contribution in [0.25, 0.3) is 0 Å². The minimum Gasteiger partial charge on any atom is -0.492 e. The zero-order chi connectivity index (χ0) is 22.1. The molecular formula is C21H24BrN3O4S. The van der Waals surface area contributed by atoms with Crippen molar-refractivity contribution in [1.29, 1.82) is 0 Å². The third-order valence-corrected chi connectivity index (χ3v) is 4.71. The molecule has 0 atom stereocenters. The van der Waals surface area contributed by atoms with Crippen LogP contribution in [0.2, 0.25) is 0 Å². The fourth-order valence-electron chi connectivity index (χ4n) is 2.44. The molecule has 3 N–H and O–H groups in total. The number of halogens is 1. The number of carbonyl (C=O) groups excluding carboxylic acids is 2. The van der Waals surface area contributed by atoms with Gasteiger partial charge in [0.25, 0.3) is 11.8 Å². The molecule has 2 rings (SSSR count). The Balaban J connectivity index is 1.78. The minimum absolute atomic E-state index is 0.0395. The van der Waals surface area contributed by atoms with Crippen LogP contribution < -0.4 is 25.6 Å². The quantitative estimate of drug-likeness (QED) is 0.403. The summed E-state index contributed by atoms with van der Waals surface area (Å²) in [5.41, 5.74) is 7.31. The lowest BCUT2D eigenvalue weighted by Gasteiger charge is -2.13. The lowest BCUT2D eigenvalue weighted by Crippen LogP contribution is -2.49. The summed E-state index contributed by atoms with van der Waals surface area (Å²) in [5, 5.41) is 2.46. The molecule has 0 saturated carbocycles. The first-order valence-electron chi connectivity index (χ1n) is 9.32. The maximum Gasteiger partial charge on any atom is 0.276 e. The van der Waals surface area contributed by atoms with E-state index in [1.165, 1.54) is 0 Å². The summed E-state index contributed by atoms with van der Waals surface area (Å²) in [4.78, 5) is 24.2. The van der Waals surface area contributed by atoms with E-state index in [1.54, 1.807) is 18.2 Å². The fraction of sp³-hybridized carbons (Fsp3) is 0.286. The number of carbonyl (C=O) groups is 2. The van der Waals surface area contributed by atoms with Gasteiger partial charge in [-0.2, -0.15) is 0 Å². The van der Waals surface area contributed by atoms with E-state index < -0.39 is 11.8 Å². The second-order valence-corrected chi connectivity index (χ2v) is 7.77. The van der Waals surface area contributed by atoms with Crippen molar-refractivity contribution in [3.8, 4) is 11.5 Å². The van der Waals surface area contributed by atoms with Crippen LogP contribution in [-0.2, 0) is 4.79 Å². The van der Waals surface area contributed by atoms with Crippen molar-refractivity contribution in [3.05, 3.63) is 57.6 Å². The monoisotopic (exact) mass is 493 g/mol. The third kappa shape index (κ3) is 7.31. The number of ether oxygens (including phenoxy) is 2. The van der Waals surface area contributed by atoms with Gasteiger partial charge in [-0.25, -0.2) is 0 Å². The van der Waals surface area contributed by atoms with Crippen molar-refractivity contribution >= 4 is 45.1 Å². The lowest BCUT2D eigenvalue weighted by atomic mass is 10.1. The number of thiocarbonyl (C=S) groups is 1. The standard InChI is InChI=1S/C21H24BrN3O4S/c1-4-9-28-18-8-6-15(11-16(18)22)20(27)23-21(30)25-24-19(26)12-29-17-7-5-13(2)10-14(17)3/h5-8,10-11H,4,9,12H2,1-3H3,(H,24,26)(H2,23,25,27,30). The van der Waals surface area contributed by atoms with E-state index in [-0.39, 0.29) is 11.7 Å². The molecule has 160 valence electrons. The van der Waals surface area contributed by atoms with Gasteiger partial charge in [-0.05, 0) is 78.2 Å². The SMILES string of the molecule is CCCOc1ccc(C(=O)NC(=S)NNC(=O)COc2ccc(C)cc2C)cc1Br. The van der Waals surface area contributed by atoms with E-state index >= 15 is 0 Å². The van der Waals surface area contributed by atoms with Crippen LogP contribution in [0.5, 0.6) is 11.5 Å². The van der Waals surface area contributed by atoms with Crippen molar-refractivity contribution in [2.75, 3.05) is 13.2 Å². The minimum atomic E-state index is -0.438. The normalized spacial score (nSPS) is 10.1. The van der Waals surface area contributed by atoms with Crippen molar-refractivity contribution < 1.29 is 19.1 Å². The molecule has 0 aliphatic heterocycles. The van der Waals surface area contributed by atoms with Crippen molar-refractivity contribution in [3.63, 3.8) is 0 Å². The molecule has 0 aliphatic rings. The molecule has 0 saturated heterocycles. The highest BCUT2D eigenvalue weighted by molar-refractivity contribution is 9.10. The van der Waals surface area contributed by atoms with Gasteiger partial charge >= 0.3 is 0 Å². The summed E-state index contributed by atoms with van der Waals surface area (Å²) in [7, 11) is 0. The largest absolute Gasteiger partial charge is 0.492 e. The Morgan fingerprint density at radius 1 is 1.03 bits per heavy atom. The first-order chi connectivity index (χ1) is 14.3. The molecule has 0 radical (unpaired) electrons. The average Bonchev–Trinajstić information content (AvgIpc) is 2.70. The van der Waals surface area contributed by atoms with E-state index in [1.807, 2.05) is 39.0 Å². The van der Waals surface area contributed by atoms with Crippen molar-refractivity contribution in [2.24, 2.45) is 0 Å². The molecule has 9 heteroatoms. The molecule has 0 fully saturated rings. The average molecular weight is 494 g/mol. The van der Waals surface area contributed by atoms with Crippen LogP contribution in [0.1, 0.15) is 34.8 Å². The van der Waals surface area contributed by atoms with E-state index in [9.17, 15) is 9.59 Å². The van der Waals surface area contributed by atoms with E-state index in [2.05, 4.69) is 32.1 Å². The molecule has 0 unspecified atom stereocenters. The molecular weight excluding hydrogens is 470 g/mol. The Morgan fingerprint density at radius 3 is 2.43 bits per heavy atom. The molecule has 0 heterocycles. The van der Waals surface area contributed by atoms with Gasteiger partial charge in [0.2, 0.25) is 0 Å². The fourth-order valence-corrected chi connectivity index (χ4v) is 3.08. The van der Waals surface area contributed by atoms with Crippen LogP contribution in [-0.4, -0.2) is 30.1 Å². The predicted molar refractivity (Wildman–Crippen MR) is 123 cm³/mol. The molecule has 2 aromatic rings. The summed E-state index contributed by atoms with van der Waals surface area (Å²) < 4.78 is 11.7. The number of amides is 2. The Morgan fingerprint density at radius 2 is 1.77 bits per heavy atom. The van der Waals surface area contributed by atoms with Gasteiger partial charge in [-0.3, -0.25) is 25.8 Å². The van der Waals surface area contributed by atoms with Crippen LogP contribution in [0.4, 0.5) is 0 Å². The number of nitrogens with one attached hydrogen (secondary N) is 3. The Kier molecular flexibility index (Phi) is 9.07.